The zero-order valence-electron chi connectivity index (χ0n) is 11.3. The molecular formula is C11H18N4O3S. The van der Waals surface area contributed by atoms with E-state index in [1.165, 1.54) is 18.9 Å². The van der Waals surface area contributed by atoms with Gasteiger partial charge in [0.05, 0.1) is 19.5 Å². The number of aromatic nitrogens is 3. The topological polar surface area (TPSA) is 86.2 Å². The number of hydrogen-bond donors (Lipinski definition) is 1. The summed E-state index contributed by atoms with van der Waals surface area (Å²) < 4.78 is 9.84. The van der Waals surface area contributed by atoms with Gasteiger partial charge >= 0.3 is 12.0 Å². The van der Waals surface area contributed by atoms with Gasteiger partial charge in [-0.05, 0) is 13.3 Å². The number of hydrogen-bond acceptors (Lipinski definition) is 8. The van der Waals surface area contributed by atoms with Gasteiger partial charge < -0.3 is 14.8 Å². The highest BCUT2D eigenvalue weighted by atomic mass is 32.2. The van der Waals surface area contributed by atoms with Crippen LogP contribution in [0.5, 0.6) is 6.01 Å². The summed E-state index contributed by atoms with van der Waals surface area (Å²) in [6, 6.07) is 0.222. The van der Waals surface area contributed by atoms with Crippen LogP contribution in [0.2, 0.25) is 0 Å². The summed E-state index contributed by atoms with van der Waals surface area (Å²) in [6.07, 6.45) is 0.958. The SMILES string of the molecule is CCCNc1nc(OC)nc(SCC(=O)OCC)n1. The Hall–Kier alpha value is -1.57. The second-order valence-corrected chi connectivity index (χ2v) is 4.39. The first-order valence-corrected chi connectivity index (χ1v) is 7.00. The molecule has 0 unspecified atom stereocenters. The lowest BCUT2D eigenvalue weighted by Crippen LogP contribution is -2.09. The molecular weight excluding hydrogens is 268 g/mol. The van der Waals surface area contributed by atoms with E-state index in [-0.39, 0.29) is 17.7 Å². The van der Waals surface area contributed by atoms with Crippen molar-refractivity contribution in [3.63, 3.8) is 0 Å². The molecule has 19 heavy (non-hydrogen) atoms. The van der Waals surface area contributed by atoms with Gasteiger partial charge in [0, 0.05) is 6.54 Å². The molecule has 0 atom stereocenters. The molecule has 0 aromatic carbocycles. The molecule has 0 spiro atoms. The van der Waals surface area contributed by atoms with Crippen LogP contribution in [0.1, 0.15) is 20.3 Å². The van der Waals surface area contributed by atoms with Crippen molar-refractivity contribution < 1.29 is 14.3 Å². The van der Waals surface area contributed by atoms with Crippen molar-refractivity contribution in [3.05, 3.63) is 0 Å². The van der Waals surface area contributed by atoms with E-state index in [2.05, 4.69) is 20.3 Å². The van der Waals surface area contributed by atoms with Gasteiger partial charge in [-0.25, -0.2) is 0 Å². The highest BCUT2D eigenvalue weighted by molar-refractivity contribution is 7.99. The maximum Gasteiger partial charge on any atom is 0.321 e. The fourth-order valence-corrected chi connectivity index (χ4v) is 1.76. The quantitative estimate of drug-likeness (QED) is 0.566. The lowest BCUT2D eigenvalue weighted by molar-refractivity contribution is -0.139. The van der Waals surface area contributed by atoms with Crippen LogP contribution >= 0.6 is 11.8 Å². The molecule has 106 valence electrons. The predicted molar refractivity (Wildman–Crippen MR) is 72.5 cm³/mol. The lowest BCUT2D eigenvalue weighted by atomic mass is 10.5. The van der Waals surface area contributed by atoms with Crippen molar-refractivity contribution in [1.82, 2.24) is 15.0 Å². The Kier molecular flexibility index (Phi) is 6.94. The molecule has 1 N–H and O–H groups in total. The van der Waals surface area contributed by atoms with Crippen LogP contribution in [-0.4, -0.2) is 46.9 Å². The zero-order chi connectivity index (χ0) is 14.1. The van der Waals surface area contributed by atoms with E-state index in [9.17, 15) is 4.79 Å². The number of rotatable bonds is 8. The molecule has 8 heteroatoms. The largest absolute Gasteiger partial charge is 0.467 e. The van der Waals surface area contributed by atoms with Gasteiger partial charge in [0.1, 0.15) is 0 Å². The standard InChI is InChI=1S/C11H18N4O3S/c1-4-6-12-9-13-10(17-3)15-11(14-9)19-7-8(16)18-5-2/h4-7H2,1-3H3,(H,12,13,14,15). The Morgan fingerprint density at radius 2 is 2.11 bits per heavy atom. The summed E-state index contributed by atoms with van der Waals surface area (Å²) in [5, 5.41) is 3.48. The first-order valence-electron chi connectivity index (χ1n) is 6.02. The number of anilines is 1. The van der Waals surface area contributed by atoms with E-state index in [4.69, 9.17) is 9.47 Å². The van der Waals surface area contributed by atoms with Crippen molar-refractivity contribution in [2.45, 2.75) is 25.4 Å². The summed E-state index contributed by atoms with van der Waals surface area (Å²) in [4.78, 5) is 23.6. The van der Waals surface area contributed by atoms with E-state index >= 15 is 0 Å². The minimum absolute atomic E-state index is 0.161. The van der Waals surface area contributed by atoms with E-state index in [1.54, 1.807) is 6.92 Å². The third-order valence-electron chi connectivity index (χ3n) is 1.93. The Bertz CT molecular complexity index is 417. The van der Waals surface area contributed by atoms with Crippen LogP contribution in [0.25, 0.3) is 0 Å². The van der Waals surface area contributed by atoms with Crippen molar-refractivity contribution in [3.8, 4) is 6.01 Å². The van der Waals surface area contributed by atoms with Crippen molar-refractivity contribution >= 4 is 23.7 Å². The van der Waals surface area contributed by atoms with Gasteiger partial charge in [-0.1, -0.05) is 18.7 Å². The lowest BCUT2D eigenvalue weighted by Gasteiger charge is -2.06. The van der Waals surface area contributed by atoms with Crippen molar-refractivity contribution in [1.29, 1.82) is 0 Å². The molecule has 0 bridgehead atoms. The minimum atomic E-state index is -0.296. The molecule has 0 amide bonds. The number of nitrogens with one attached hydrogen (secondary N) is 1. The van der Waals surface area contributed by atoms with E-state index < -0.39 is 0 Å². The molecule has 0 saturated carbocycles. The summed E-state index contributed by atoms with van der Waals surface area (Å²) in [7, 11) is 1.48. The third kappa shape index (κ3) is 5.73. The first-order chi connectivity index (χ1) is 9.19. The molecule has 1 aromatic rings. The Balaban J connectivity index is 2.67. The molecule has 1 heterocycles. The highest BCUT2D eigenvalue weighted by Gasteiger charge is 2.10. The van der Waals surface area contributed by atoms with Gasteiger partial charge in [-0.2, -0.15) is 15.0 Å². The number of esters is 1. The minimum Gasteiger partial charge on any atom is -0.467 e. The number of nitrogens with zero attached hydrogens (tertiary/aromatic N) is 3. The molecule has 0 aliphatic heterocycles. The summed E-state index contributed by atoms with van der Waals surface area (Å²) in [5.41, 5.74) is 0. The molecule has 1 rings (SSSR count). The molecule has 1 aromatic heterocycles. The summed E-state index contributed by atoms with van der Waals surface area (Å²) >= 11 is 1.19. The van der Waals surface area contributed by atoms with Crippen molar-refractivity contribution in [2.24, 2.45) is 0 Å². The number of ether oxygens (including phenoxy) is 2. The fourth-order valence-electron chi connectivity index (χ4n) is 1.14. The normalized spacial score (nSPS) is 10.1. The van der Waals surface area contributed by atoms with Crippen LogP contribution in [0, 0.1) is 0 Å². The Morgan fingerprint density at radius 1 is 1.32 bits per heavy atom. The Labute approximate surface area is 116 Å². The number of carbonyl (C=O) groups is 1. The average Bonchev–Trinajstić information content (AvgIpc) is 2.43. The second kappa shape index (κ2) is 8.52. The number of thioether (sulfide) groups is 1. The maximum absolute atomic E-state index is 11.3. The van der Waals surface area contributed by atoms with Crippen molar-refractivity contribution in [2.75, 3.05) is 31.3 Å². The summed E-state index contributed by atoms with van der Waals surface area (Å²) in [6.45, 7) is 4.93. The van der Waals surface area contributed by atoms with E-state index in [0.717, 1.165) is 13.0 Å². The maximum atomic E-state index is 11.3. The second-order valence-electron chi connectivity index (χ2n) is 3.45. The van der Waals surface area contributed by atoms with Gasteiger partial charge in [-0.3, -0.25) is 4.79 Å². The molecule has 7 nitrogen and oxygen atoms in total. The Morgan fingerprint density at radius 3 is 2.74 bits per heavy atom. The van der Waals surface area contributed by atoms with Crippen LogP contribution < -0.4 is 10.1 Å². The first kappa shape index (κ1) is 15.5. The molecule has 0 aliphatic rings. The zero-order valence-corrected chi connectivity index (χ0v) is 12.1. The smallest absolute Gasteiger partial charge is 0.321 e. The van der Waals surface area contributed by atoms with Gasteiger partial charge in [0.15, 0.2) is 5.16 Å². The number of methoxy groups -OCH3 is 1. The average molecular weight is 286 g/mol. The molecule has 0 aliphatic carbocycles. The van der Waals surface area contributed by atoms with Crippen LogP contribution in [0.4, 0.5) is 5.95 Å². The summed E-state index contributed by atoms with van der Waals surface area (Å²) in [5.74, 6) is 0.309. The van der Waals surface area contributed by atoms with Gasteiger partial charge in [0.2, 0.25) is 5.95 Å². The van der Waals surface area contributed by atoms with Gasteiger partial charge in [0.25, 0.3) is 0 Å². The third-order valence-corrected chi connectivity index (χ3v) is 2.76. The molecule has 0 saturated heterocycles. The van der Waals surface area contributed by atoms with Crippen LogP contribution in [0.15, 0.2) is 5.16 Å². The molecule has 0 fully saturated rings. The van der Waals surface area contributed by atoms with Gasteiger partial charge in [-0.15, -0.1) is 0 Å². The molecule has 0 radical (unpaired) electrons. The van der Waals surface area contributed by atoms with E-state index in [0.29, 0.717) is 17.7 Å². The monoisotopic (exact) mass is 286 g/mol. The van der Waals surface area contributed by atoms with Crippen LogP contribution in [0.3, 0.4) is 0 Å². The fraction of sp³-hybridized carbons (Fsp3) is 0.636. The van der Waals surface area contributed by atoms with Crippen LogP contribution in [-0.2, 0) is 9.53 Å². The number of carbonyl (C=O) groups excluding carboxylic acids is 1. The highest BCUT2D eigenvalue weighted by Crippen LogP contribution is 2.17. The predicted octanol–water partition coefficient (Wildman–Crippen LogP) is 1.36. The van der Waals surface area contributed by atoms with E-state index in [1.807, 2.05) is 6.92 Å².